The van der Waals surface area contributed by atoms with E-state index in [-0.39, 0.29) is 24.8 Å². The average Bonchev–Trinajstić information content (AvgIpc) is 2.56. The van der Waals surface area contributed by atoms with Gasteiger partial charge >= 0.3 is 0 Å². The fourth-order valence-corrected chi connectivity index (χ4v) is 3.37. The third kappa shape index (κ3) is 5.09. The van der Waals surface area contributed by atoms with Crippen LogP contribution in [0.1, 0.15) is 37.8 Å². The third-order valence-electron chi connectivity index (χ3n) is 4.58. The molecule has 0 radical (unpaired) electrons. The molecule has 0 aliphatic carbocycles. The average molecular weight is 355 g/mol. The Kier molecular flexibility index (Phi) is 8.93. The van der Waals surface area contributed by atoms with Crippen LogP contribution in [-0.4, -0.2) is 31.1 Å². The van der Waals surface area contributed by atoms with Gasteiger partial charge in [-0.2, -0.15) is 0 Å². The highest BCUT2D eigenvalue weighted by Crippen LogP contribution is 2.29. The summed E-state index contributed by atoms with van der Waals surface area (Å²) in [6.45, 7) is 6.87. The van der Waals surface area contributed by atoms with Gasteiger partial charge in [-0.3, -0.25) is 4.90 Å². The van der Waals surface area contributed by atoms with Crippen LogP contribution in [0.15, 0.2) is 42.5 Å². The van der Waals surface area contributed by atoms with Crippen LogP contribution in [0.25, 0.3) is 10.8 Å². The summed E-state index contributed by atoms with van der Waals surface area (Å²) in [6.07, 6.45) is 3.85. The molecule has 2 nitrogen and oxygen atoms in total. The molecule has 0 amide bonds. The zero-order chi connectivity index (χ0) is 14.5. The molecule has 0 unspecified atom stereocenters. The van der Waals surface area contributed by atoms with Crippen molar-refractivity contribution in [3.63, 3.8) is 0 Å². The highest BCUT2D eigenvalue weighted by Gasteiger charge is 2.21. The van der Waals surface area contributed by atoms with Crippen molar-refractivity contribution in [3.8, 4) is 0 Å². The second-order valence-electron chi connectivity index (χ2n) is 6.05. The van der Waals surface area contributed by atoms with E-state index in [2.05, 4.69) is 59.6 Å². The molecule has 3 rings (SSSR count). The molecule has 4 heteroatoms. The summed E-state index contributed by atoms with van der Waals surface area (Å²) < 4.78 is 0. The van der Waals surface area contributed by atoms with Gasteiger partial charge in [-0.15, -0.1) is 24.8 Å². The highest BCUT2D eigenvalue weighted by molar-refractivity contribution is 5.85. The van der Waals surface area contributed by atoms with E-state index in [0.29, 0.717) is 6.04 Å². The predicted octanol–water partition coefficient (Wildman–Crippen LogP) is 4.82. The topological polar surface area (TPSA) is 15.3 Å². The second-order valence-corrected chi connectivity index (χ2v) is 6.05. The van der Waals surface area contributed by atoms with Crippen LogP contribution in [0.2, 0.25) is 0 Å². The van der Waals surface area contributed by atoms with Crippen molar-refractivity contribution in [1.29, 1.82) is 0 Å². The Morgan fingerprint density at radius 2 is 1.70 bits per heavy atom. The monoisotopic (exact) mass is 354 g/mol. The van der Waals surface area contributed by atoms with Crippen molar-refractivity contribution in [2.24, 2.45) is 0 Å². The lowest BCUT2D eigenvalue weighted by atomic mass is 9.96. The molecule has 23 heavy (non-hydrogen) atoms. The summed E-state index contributed by atoms with van der Waals surface area (Å²) >= 11 is 0. The molecule has 1 saturated heterocycles. The standard InChI is InChI=1S/C19H26N2.2ClH/c1-2-3-8-19(21-13-11-20-12-14-21)18-10-9-16-6-4-5-7-17(16)15-18;;/h4-7,9-10,15,19-20H,2-3,8,11-14H2,1H3;2*1H/t19-;;/m0../s1. The minimum absolute atomic E-state index is 0. The lowest BCUT2D eigenvalue weighted by Gasteiger charge is -2.35. The van der Waals surface area contributed by atoms with Gasteiger partial charge in [0.2, 0.25) is 0 Å². The van der Waals surface area contributed by atoms with Crippen molar-refractivity contribution in [1.82, 2.24) is 10.2 Å². The van der Waals surface area contributed by atoms with Crippen LogP contribution in [0, 0.1) is 0 Å². The van der Waals surface area contributed by atoms with E-state index >= 15 is 0 Å². The number of unbranched alkanes of at least 4 members (excludes halogenated alkanes) is 1. The van der Waals surface area contributed by atoms with Gasteiger partial charge in [0.1, 0.15) is 0 Å². The summed E-state index contributed by atoms with van der Waals surface area (Å²) in [5, 5.41) is 6.18. The number of hydrogen-bond donors (Lipinski definition) is 1. The molecule has 1 atom stereocenters. The first-order chi connectivity index (χ1) is 10.4. The largest absolute Gasteiger partial charge is 0.314 e. The van der Waals surface area contributed by atoms with Crippen molar-refractivity contribution in [2.75, 3.05) is 26.2 Å². The molecule has 1 heterocycles. The van der Waals surface area contributed by atoms with E-state index in [1.54, 1.807) is 0 Å². The Bertz CT molecular complexity index is 582. The second kappa shape index (κ2) is 10.1. The Hall–Kier alpha value is -0.800. The number of hydrogen-bond acceptors (Lipinski definition) is 2. The van der Waals surface area contributed by atoms with Gasteiger partial charge in [-0.05, 0) is 28.8 Å². The Morgan fingerprint density at radius 3 is 2.39 bits per heavy atom. The van der Waals surface area contributed by atoms with Crippen LogP contribution in [0.5, 0.6) is 0 Å². The van der Waals surface area contributed by atoms with E-state index in [1.807, 2.05) is 0 Å². The number of nitrogens with zero attached hydrogens (tertiary/aromatic N) is 1. The lowest BCUT2D eigenvalue weighted by Crippen LogP contribution is -2.45. The minimum atomic E-state index is 0. The van der Waals surface area contributed by atoms with E-state index < -0.39 is 0 Å². The lowest BCUT2D eigenvalue weighted by molar-refractivity contribution is 0.163. The number of rotatable bonds is 5. The molecule has 0 bridgehead atoms. The fraction of sp³-hybridized carbons (Fsp3) is 0.474. The summed E-state index contributed by atoms with van der Waals surface area (Å²) in [7, 11) is 0. The van der Waals surface area contributed by atoms with Crippen LogP contribution < -0.4 is 5.32 Å². The first kappa shape index (κ1) is 20.2. The fourth-order valence-electron chi connectivity index (χ4n) is 3.37. The smallest absolute Gasteiger partial charge is 0.0349 e. The molecule has 2 aromatic rings. The SMILES string of the molecule is CCCC[C@@H](c1ccc2ccccc2c1)N1CCNCC1.Cl.Cl. The Labute approximate surface area is 152 Å². The van der Waals surface area contributed by atoms with E-state index in [1.165, 1.54) is 48.7 Å². The molecule has 128 valence electrons. The van der Waals surface area contributed by atoms with Gasteiger partial charge < -0.3 is 5.32 Å². The minimum Gasteiger partial charge on any atom is -0.314 e. The maximum atomic E-state index is 3.47. The highest BCUT2D eigenvalue weighted by atomic mass is 35.5. The Morgan fingerprint density at radius 1 is 1.00 bits per heavy atom. The van der Waals surface area contributed by atoms with Gasteiger partial charge in [0.05, 0.1) is 0 Å². The van der Waals surface area contributed by atoms with Crippen molar-refractivity contribution >= 4 is 35.6 Å². The molecule has 1 aliphatic rings. The molecule has 0 spiro atoms. The van der Waals surface area contributed by atoms with Crippen molar-refractivity contribution in [3.05, 3.63) is 48.0 Å². The predicted molar refractivity (Wildman–Crippen MR) is 105 cm³/mol. The summed E-state index contributed by atoms with van der Waals surface area (Å²) in [4.78, 5) is 2.66. The van der Waals surface area contributed by atoms with Crippen LogP contribution >= 0.6 is 24.8 Å². The van der Waals surface area contributed by atoms with Crippen molar-refractivity contribution < 1.29 is 0 Å². The number of fused-ring (bicyclic) bond motifs is 1. The molecule has 0 saturated carbocycles. The van der Waals surface area contributed by atoms with Gasteiger partial charge in [-0.1, -0.05) is 56.2 Å². The summed E-state index contributed by atoms with van der Waals surface area (Å²) in [5.41, 5.74) is 1.49. The zero-order valence-electron chi connectivity index (χ0n) is 13.8. The molecule has 1 fully saturated rings. The quantitative estimate of drug-likeness (QED) is 0.827. The number of benzene rings is 2. The number of halogens is 2. The van der Waals surface area contributed by atoms with Gasteiger partial charge in [0.15, 0.2) is 0 Å². The van der Waals surface area contributed by atoms with Crippen LogP contribution in [0.3, 0.4) is 0 Å². The maximum absolute atomic E-state index is 3.47. The molecule has 1 N–H and O–H groups in total. The van der Waals surface area contributed by atoms with Crippen LogP contribution in [0.4, 0.5) is 0 Å². The van der Waals surface area contributed by atoms with Gasteiger partial charge in [-0.25, -0.2) is 0 Å². The van der Waals surface area contributed by atoms with Crippen molar-refractivity contribution in [2.45, 2.75) is 32.2 Å². The normalized spacial score (nSPS) is 16.4. The first-order valence-corrected chi connectivity index (χ1v) is 8.32. The molecule has 2 aromatic carbocycles. The third-order valence-corrected chi connectivity index (χ3v) is 4.58. The van der Waals surface area contributed by atoms with Gasteiger partial charge in [0, 0.05) is 32.2 Å². The molecule has 1 aliphatic heterocycles. The van der Waals surface area contributed by atoms with E-state index in [0.717, 1.165) is 13.1 Å². The summed E-state index contributed by atoms with van der Waals surface area (Å²) in [6, 6.07) is 16.3. The van der Waals surface area contributed by atoms with Gasteiger partial charge in [0.25, 0.3) is 0 Å². The zero-order valence-corrected chi connectivity index (χ0v) is 15.5. The molecular weight excluding hydrogens is 327 g/mol. The molecular formula is C19H28Cl2N2. The van der Waals surface area contributed by atoms with Crippen LogP contribution in [-0.2, 0) is 0 Å². The Balaban J connectivity index is 0.00000132. The van der Waals surface area contributed by atoms with E-state index in [9.17, 15) is 0 Å². The summed E-state index contributed by atoms with van der Waals surface area (Å²) in [5.74, 6) is 0. The first-order valence-electron chi connectivity index (χ1n) is 8.32. The number of piperazine rings is 1. The maximum Gasteiger partial charge on any atom is 0.0349 e. The van der Waals surface area contributed by atoms with E-state index in [4.69, 9.17) is 0 Å². The molecule has 0 aromatic heterocycles. The number of nitrogens with one attached hydrogen (secondary N) is 1.